The van der Waals surface area contributed by atoms with Gasteiger partial charge in [-0.3, -0.25) is 9.59 Å². The third-order valence-corrected chi connectivity index (χ3v) is 6.70. The molecule has 0 unspecified atom stereocenters. The lowest BCUT2D eigenvalue weighted by molar-refractivity contribution is -0.122. The minimum atomic E-state index is -0.250. The molecule has 30 heavy (non-hydrogen) atoms. The number of aromatic nitrogens is 1. The summed E-state index contributed by atoms with van der Waals surface area (Å²) in [7, 11) is 0. The van der Waals surface area contributed by atoms with E-state index in [1.807, 2.05) is 22.4 Å². The molecule has 3 heterocycles. The molecule has 1 aliphatic carbocycles. The van der Waals surface area contributed by atoms with E-state index in [-0.39, 0.29) is 12.4 Å². The molecule has 0 bridgehead atoms. The second kappa shape index (κ2) is 8.83. The first-order chi connectivity index (χ1) is 14.6. The summed E-state index contributed by atoms with van der Waals surface area (Å²) in [5, 5.41) is 10.1. The number of carbonyl (C=O) groups is 2. The van der Waals surface area contributed by atoms with E-state index in [9.17, 15) is 4.79 Å². The Kier molecular flexibility index (Phi) is 5.99. The number of carboxylic acid groups (broad SMARTS) is 1. The zero-order valence-corrected chi connectivity index (χ0v) is 17.8. The number of thiophene rings is 1. The van der Waals surface area contributed by atoms with Crippen molar-refractivity contribution in [2.45, 2.75) is 26.2 Å². The lowest BCUT2D eigenvalue weighted by Gasteiger charge is -2.35. The molecule has 0 spiro atoms. The molecule has 0 radical (unpaired) electrons. The number of fused-ring (bicyclic) bond motifs is 2. The summed E-state index contributed by atoms with van der Waals surface area (Å²) in [5.74, 6) is 1.20. The van der Waals surface area contributed by atoms with Crippen LogP contribution in [0.5, 0.6) is 0 Å². The van der Waals surface area contributed by atoms with Gasteiger partial charge in [-0.25, -0.2) is 4.98 Å². The predicted octanol–water partition coefficient (Wildman–Crippen LogP) is 3.76. The summed E-state index contributed by atoms with van der Waals surface area (Å²) < 4.78 is 0. The fourth-order valence-corrected chi connectivity index (χ4v) is 4.99. The van der Waals surface area contributed by atoms with E-state index in [0.717, 1.165) is 42.4 Å². The minimum absolute atomic E-state index is 0.155. The van der Waals surface area contributed by atoms with E-state index in [0.29, 0.717) is 0 Å². The van der Waals surface area contributed by atoms with E-state index in [1.165, 1.54) is 52.7 Å². The van der Waals surface area contributed by atoms with Gasteiger partial charge in [0.1, 0.15) is 5.82 Å². The molecule has 6 nitrogen and oxygen atoms in total. The van der Waals surface area contributed by atoms with Gasteiger partial charge >= 0.3 is 0 Å². The highest BCUT2D eigenvalue weighted by Gasteiger charge is 2.24. The predicted molar refractivity (Wildman–Crippen MR) is 120 cm³/mol. The van der Waals surface area contributed by atoms with Crippen molar-refractivity contribution in [1.29, 1.82) is 0 Å². The van der Waals surface area contributed by atoms with E-state index in [2.05, 4.69) is 30.0 Å². The summed E-state index contributed by atoms with van der Waals surface area (Å²) in [6.07, 6.45) is 3.64. The average Bonchev–Trinajstić information content (AvgIpc) is 3.44. The molecule has 1 aromatic carbocycles. The van der Waals surface area contributed by atoms with Crippen molar-refractivity contribution in [3.05, 3.63) is 57.3 Å². The van der Waals surface area contributed by atoms with Crippen LogP contribution in [0.3, 0.4) is 0 Å². The van der Waals surface area contributed by atoms with Crippen molar-refractivity contribution >= 4 is 40.4 Å². The molecule has 3 aromatic rings. The number of hydrogen-bond acceptors (Lipinski definition) is 5. The second-order valence-electron chi connectivity index (χ2n) is 7.65. The van der Waals surface area contributed by atoms with Crippen LogP contribution in [0.1, 0.15) is 32.8 Å². The van der Waals surface area contributed by atoms with Crippen LogP contribution in [0.2, 0.25) is 0 Å². The normalized spacial score (nSPS) is 15.5. The molecule has 1 fully saturated rings. The molecule has 2 aliphatic rings. The van der Waals surface area contributed by atoms with Crippen LogP contribution in [0.25, 0.3) is 10.9 Å². The van der Waals surface area contributed by atoms with E-state index < -0.39 is 0 Å². The highest BCUT2D eigenvalue weighted by Crippen LogP contribution is 2.30. The Bertz CT molecular complexity index is 1060. The molecule has 1 saturated heterocycles. The molecule has 1 N–H and O–H groups in total. The standard InChI is InChI=1S/C22H23N3OS.CH2O2/c1-15-12-21(23-19-14-17-5-2-4-16(17)13-18(15)19)24-7-9-25(10-8-24)22(26)20-6-3-11-27-20;2-1-3/h3,6,11-14H,2,4-5,7-10H2,1H3;1H,(H,2,3). The fraction of sp³-hybridized carbons (Fsp3) is 0.348. The van der Waals surface area contributed by atoms with Crippen molar-refractivity contribution in [3.63, 3.8) is 0 Å². The van der Waals surface area contributed by atoms with Crippen LogP contribution in [0, 0.1) is 6.92 Å². The van der Waals surface area contributed by atoms with Gasteiger partial charge in [-0.2, -0.15) is 0 Å². The third kappa shape index (κ3) is 4.03. The SMILES string of the molecule is Cc1cc(N2CCN(C(=O)c3cccs3)CC2)nc2cc3c(cc12)CCC3.O=CO. The monoisotopic (exact) mass is 423 g/mol. The van der Waals surface area contributed by atoms with Crippen LogP contribution >= 0.6 is 11.3 Å². The van der Waals surface area contributed by atoms with Gasteiger partial charge < -0.3 is 14.9 Å². The van der Waals surface area contributed by atoms with Gasteiger partial charge in [0.2, 0.25) is 0 Å². The summed E-state index contributed by atoms with van der Waals surface area (Å²) >= 11 is 1.52. The number of nitrogens with zero attached hydrogens (tertiary/aromatic N) is 3. The Morgan fingerprint density at radius 1 is 1.13 bits per heavy atom. The molecule has 0 atom stereocenters. The molecule has 2 aromatic heterocycles. The molecule has 0 saturated carbocycles. The van der Waals surface area contributed by atoms with Crippen LogP contribution in [0.15, 0.2) is 35.7 Å². The summed E-state index contributed by atoms with van der Waals surface area (Å²) in [6.45, 7) is 5.10. The molecule has 1 amide bonds. The Morgan fingerprint density at radius 3 is 2.50 bits per heavy atom. The summed E-state index contributed by atoms with van der Waals surface area (Å²) in [6, 6.07) is 10.7. The number of aryl methyl sites for hydroxylation is 3. The first kappa shape index (κ1) is 20.3. The number of rotatable bonds is 2. The highest BCUT2D eigenvalue weighted by molar-refractivity contribution is 7.12. The number of piperazine rings is 1. The Balaban J connectivity index is 0.000000687. The Labute approximate surface area is 179 Å². The first-order valence-electron chi connectivity index (χ1n) is 10.2. The maximum Gasteiger partial charge on any atom is 0.290 e. The summed E-state index contributed by atoms with van der Waals surface area (Å²) in [4.78, 5) is 31.0. The maximum absolute atomic E-state index is 12.5. The van der Waals surface area contributed by atoms with Gasteiger partial charge in [-0.15, -0.1) is 11.3 Å². The molecular weight excluding hydrogens is 398 g/mol. The van der Waals surface area contributed by atoms with Gasteiger partial charge in [0.05, 0.1) is 10.4 Å². The highest BCUT2D eigenvalue weighted by atomic mass is 32.1. The van der Waals surface area contributed by atoms with Crippen molar-refractivity contribution < 1.29 is 14.7 Å². The number of anilines is 1. The lowest BCUT2D eigenvalue weighted by atomic mass is 10.0. The number of pyridine rings is 1. The maximum atomic E-state index is 12.5. The molecule has 156 valence electrons. The zero-order valence-electron chi connectivity index (χ0n) is 17.0. The van der Waals surface area contributed by atoms with E-state index in [1.54, 1.807) is 0 Å². The zero-order chi connectivity index (χ0) is 21.1. The van der Waals surface area contributed by atoms with Gasteiger partial charge in [0, 0.05) is 31.6 Å². The van der Waals surface area contributed by atoms with Crippen LogP contribution in [0.4, 0.5) is 5.82 Å². The van der Waals surface area contributed by atoms with Crippen molar-refractivity contribution in [2.24, 2.45) is 0 Å². The van der Waals surface area contributed by atoms with E-state index in [4.69, 9.17) is 14.9 Å². The van der Waals surface area contributed by atoms with Crippen molar-refractivity contribution in [1.82, 2.24) is 9.88 Å². The quantitative estimate of drug-likeness (QED) is 0.636. The van der Waals surface area contributed by atoms with Gasteiger partial charge in [0.15, 0.2) is 0 Å². The fourth-order valence-electron chi connectivity index (χ4n) is 4.30. The number of carbonyl (C=O) groups excluding carboxylic acids is 1. The Morgan fingerprint density at radius 2 is 1.83 bits per heavy atom. The minimum Gasteiger partial charge on any atom is -0.483 e. The Hall–Kier alpha value is -2.93. The number of hydrogen-bond donors (Lipinski definition) is 1. The molecular formula is C23H25N3O3S. The summed E-state index contributed by atoms with van der Waals surface area (Å²) in [5.41, 5.74) is 5.38. The lowest BCUT2D eigenvalue weighted by Crippen LogP contribution is -2.48. The number of amides is 1. The van der Waals surface area contributed by atoms with Gasteiger partial charge in [-0.05, 0) is 72.5 Å². The topological polar surface area (TPSA) is 73.7 Å². The third-order valence-electron chi connectivity index (χ3n) is 5.84. The van der Waals surface area contributed by atoms with Crippen LogP contribution in [-0.4, -0.2) is 53.5 Å². The van der Waals surface area contributed by atoms with Gasteiger partial charge in [-0.1, -0.05) is 6.07 Å². The van der Waals surface area contributed by atoms with Gasteiger partial charge in [0.25, 0.3) is 12.4 Å². The van der Waals surface area contributed by atoms with Crippen LogP contribution < -0.4 is 4.90 Å². The second-order valence-corrected chi connectivity index (χ2v) is 8.60. The van der Waals surface area contributed by atoms with E-state index >= 15 is 0 Å². The smallest absolute Gasteiger partial charge is 0.290 e. The molecule has 7 heteroatoms. The molecule has 5 rings (SSSR count). The first-order valence-corrected chi connectivity index (χ1v) is 11.1. The van der Waals surface area contributed by atoms with Crippen molar-refractivity contribution in [2.75, 3.05) is 31.1 Å². The molecule has 1 aliphatic heterocycles. The average molecular weight is 424 g/mol. The van der Waals surface area contributed by atoms with Crippen molar-refractivity contribution in [3.8, 4) is 0 Å². The number of benzene rings is 1. The largest absolute Gasteiger partial charge is 0.483 e. The van der Waals surface area contributed by atoms with Crippen LogP contribution in [-0.2, 0) is 17.6 Å².